The smallest absolute Gasteiger partial charge is 0.219 e. The van der Waals surface area contributed by atoms with Gasteiger partial charge in [-0.15, -0.1) is 0 Å². The fraction of sp³-hybridized carbons (Fsp3) is 0.385. The van der Waals surface area contributed by atoms with E-state index in [0.29, 0.717) is 17.3 Å². The molecule has 0 fully saturated rings. The van der Waals surface area contributed by atoms with Crippen LogP contribution in [0.15, 0.2) is 30.7 Å². The van der Waals surface area contributed by atoms with Crippen molar-refractivity contribution in [2.75, 3.05) is 7.11 Å². The fourth-order valence-corrected chi connectivity index (χ4v) is 1.92. The SMILES string of the molecule is CCCn1ccnc1C(O)c1cccnc1OC. The summed E-state index contributed by atoms with van der Waals surface area (Å²) >= 11 is 0. The van der Waals surface area contributed by atoms with Gasteiger partial charge in [0.05, 0.1) is 12.7 Å². The number of aromatic nitrogens is 3. The Morgan fingerprint density at radius 2 is 2.22 bits per heavy atom. The van der Waals surface area contributed by atoms with Gasteiger partial charge in [0, 0.05) is 25.1 Å². The van der Waals surface area contributed by atoms with Crippen molar-refractivity contribution < 1.29 is 9.84 Å². The Morgan fingerprint density at radius 1 is 1.39 bits per heavy atom. The maximum absolute atomic E-state index is 10.4. The molecule has 0 spiro atoms. The first-order chi connectivity index (χ1) is 8.77. The zero-order valence-electron chi connectivity index (χ0n) is 10.6. The van der Waals surface area contributed by atoms with Crippen LogP contribution in [-0.4, -0.2) is 26.8 Å². The lowest BCUT2D eigenvalue weighted by atomic mass is 10.1. The number of pyridine rings is 1. The van der Waals surface area contributed by atoms with Crippen LogP contribution in [0.2, 0.25) is 0 Å². The topological polar surface area (TPSA) is 60.2 Å². The van der Waals surface area contributed by atoms with E-state index in [4.69, 9.17) is 4.74 Å². The van der Waals surface area contributed by atoms with Crippen LogP contribution in [0.5, 0.6) is 5.88 Å². The van der Waals surface area contributed by atoms with E-state index in [1.54, 1.807) is 24.5 Å². The first-order valence-corrected chi connectivity index (χ1v) is 5.96. The Labute approximate surface area is 106 Å². The minimum absolute atomic E-state index is 0.427. The van der Waals surface area contributed by atoms with E-state index in [0.717, 1.165) is 13.0 Å². The summed E-state index contributed by atoms with van der Waals surface area (Å²) in [6.45, 7) is 2.91. The molecule has 2 heterocycles. The molecule has 0 amide bonds. The molecule has 0 aliphatic rings. The fourth-order valence-electron chi connectivity index (χ4n) is 1.92. The lowest BCUT2D eigenvalue weighted by Crippen LogP contribution is -2.11. The highest BCUT2D eigenvalue weighted by molar-refractivity contribution is 5.31. The molecule has 0 aliphatic heterocycles. The van der Waals surface area contributed by atoms with Gasteiger partial charge in [-0.25, -0.2) is 9.97 Å². The summed E-state index contributed by atoms with van der Waals surface area (Å²) in [5.74, 6) is 1.04. The average molecular weight is 247 g/mol. The number of hydrogen-bond donors (Lipinski definition) is 1. The van der Waals surface area contributed by atoms with Gasteiger partial charge in [-0.05, 0) is 18.6 Å². The maximum atomic E-state index is 10.4. The van der Waals surface area contributed by atoms with Crippen molar-refractivity contribution in [3.63, 3.8) is 0 Å². The Hall–Kier alpha value is -1.88. The van der Waals surface area contributed by atoms with Crippen molar-refractivity contribution in [2.24, 2.45) is 0 Å². The molecular weight excluding hydrogens is 230 g/mol. The van der Waals surface area contributed by atoms with Gasteiger partial charge in [0.25, 0.3) is 0 Å². The summed E-state index contributed by atoms with van der Waals surface area (Å²) < 4.78 is 7.10. The zero-order valence-corrected chi connectivity index (χ0v) is 10.6. The van der Waals surface area contributed by atoms with E-state index in [2.05, 4.69) is 16.9 Å². The quantitative estimate of drug-likeness (QED) is 0.875. The number of aliphatic hydroxyl groups is 1. The third kappa shape index (κ3) is 2.36. The van der Waals surface area contributed by atoms with Gasteiger partial charge >= 0.3 is 0 Å². The highest BCUT2D eigenvalue weighted by Crippen LogP contribution is 2.27. The summed E-state index contributed by atoms with van der Waals surface area (Å²) in [6, 6.07) is 3.57. The average Bonchev–Trinajstić information content (AvgIpc) is 2.86. The van der Waals surface area contributed by atoms with Crippen molar-refractivity contribution >= 4 is 0 Å². The van der Waals surface area contributed by atoms with Crippen LogP contribution in [0.4, 0.5) is 0 Å². The van der Waals surface area contributed by atoms with Crippen LogP contribution in [-0.2, 0) is 6.54 Å². The number of imidazole rings is 1. The summed E-state index contributed by atoms with van der Waals surface area (Å²) in [4.78, 5) is 8.30. The Balaban J connectivity index is 2.35. The predicted octanol–water partition coefficient (Wildman–Crippen LogP) is 1.78. The van der Waals surface area contributed by atoms with E-state index in [-0.39, 0.29) is 0 Å². The minimum atomic E-state index is -0.824. The van der Waals surface area contributed by atoms with E-state index in [1.165, 1.54) is 7.11 Å². The van der Waals surface area contributed by atoms with Gasteiger partial charge in [0.2, 0.25) is 5.88 Å². The normalized spacial score (nSPS) is 12.4. The van der Waals surface area contributed by atoms with Gasteiger partial charge in [-0.3, -0.25) is 0 Å². The van der Waals surface area contributed by atoms with E-state index in [1.807, 2.05) is 10.8 Å². The molecule has 0 radical (unpaired) electrons. The van der Waals surface area contributed by atoms with Gasteiger partial charge in [0.15, 0.2) is 0 Å². The van der Waals surface area contributed by atoms with Crippen molar-refractivity contribution in [2.45, 2.75) is 26.0 Å². The third-order valence-corrected chi connectivity index (χ3v) is 2.75. The second-order valence-corrected chi connectivity index (χ2v) is 3.98. The first-order valence-electron chi connectivity index (χ1n) is 5.96. The van der Waals surface area contributed by atoms with Crippen molar-refractivity contribution in [1.29, 1.82) is 0 Å². The molecule has 2 aromatic rings. The molecular formula is C13H17N3O2. The van der Waals surface area contributed by atoms with Crippen LogP contribution in [0.1, 0.15) is 30.8 Å². The molecule has 2 aromatic heterocycles. The maximum Gasteiger partial charge on any atom is 0.219 e. The van der Waals surface area contributed by atoms with Gasteiger partial charge < -0.3 is 14.4 Å². The molecule has 1 unspecified atom stereocenters. The summed E-state index contributed by atoms with van der Waals surface area (Å²) in [6.07, 6.45) is 5.35. The molecule has 18 heavy (non-hydrogen) atoms. The van der Waals surface area contributed by atoms with Gasteiger partial charge in [-0.1, -0.05) is 6.92 Å². The second-order valence-electron chi connectivity index (χ2n) is 3.98. The van der Waals surface area contributed by atoms with E-state index < -0.39 is 6.10 Å². The van der Waals surface area contributed by atoms with Crippen molar-refractivity contribution in [1.82, 2.24) is 14.5 Å². The Morgan fingerprint density at radius 3 is 2.94 bits per heavy atom. The number of rotatable bonds is 5. The Kier molecular flexibility index (Phi) is 3.94. The zero-order chi connectivity index (χ0) is 13.0. The molecule has 2 rings (SSSR count). The first kappa shape index (κ1) is 12.6. The van der Waals surface area contributed by atoms with Crippen LogP contribution in [0.25, 0.3) is 0 Å². The number of aryl methyl sites for hydroxylation is 1. The predicted molar refractivity (Wildman–Crippen MR) is 67.4 cm³/mol. The third-order valence-electron chi connectivity index (χ3n) is 2.75. The standard InChI is InChI=1S/C13H17N3O2/c1-3-8-16-9-7-14-12(16)11(17)10-5-4-6-15-13(10)18-2/h4-7,9,11,17H,3,8H2,1-2H3. The molecule has 0 saturated heterocycles. The molecule has 1 N–H and O–H groups in total. The lowest BCUT2D eigenvalue weighted by Gasteiger charge is -2.15. The minimum Gasteiger partial charge on any atom is -0.481 e. The highest BCUT2D eigenvalue weighted by atomic mass is 16.5. The molecule has 5 heteroatoms. The molecule has 5 nitrogen and oxygen atoms in total. The van der Waals surface area contributed by atoms with Crippen molar-refractivity contribution in [3.8, 4) is 5.88 Å². The number of ether oxygens (including phenoxy) is 1. The molecule has 0 aliphatic carbocycles. The van der Waals surface area contributed by atoms with Gasteiger partial charge in [-0.2, -0.15) is 0 Å². The lowest BCUT2D eigenvalue weighted by molar-refractivity contribution is 0.198. The van der Waals surface area contributed by atoms with E-state index >= 15 is 0 Å². The number of aliphatic hydroxyl groups excluding tert-OH is 1. The molecule has 0 bridgehead atoms. The van der Waals surface area contributed by atoms with Gasteiger partial charge in [0.1, 0.15) is 11.9 Å². The largest absolute Gasteiger partial charge is 0.481 e. The number of hydrogen-bond acceptors (Lipinski definition) is 4. The molecule has 1 atom stereocenters. The highest BCUT2D eigenvalue weighted by Gasteiger charge is 2.20. The van der Waals surface area contributed by atoms with Crippen molar-refractivity contribution in [3.05, 3.63) is 42.1 Å². The summed E-state index contributed by atoms with van der Waals surface area (Å²) in [5, 5.41) is 10.4. The molecule has 96 valence electrons. The molecule has 0 saturated carbocycles. The number of methoxy groups -OCH3 is 1. The second kappa shape index (κ2) is 5.64. The molecule has 0 aromatic carbocycles. The van der Waals surface area contributed by atoms with Crippen LogP contribution in [0.3, 0.4) is 0 Å². The monoisotopic (exact) mass is 247 g/mol. The van der Waals surface area contributed by atoms with Crippen LogP contribution in [0, 0.1) is 0 Å². The summed E-state index contributed by atoms with van der Waals surface area (Å²) in [5.41, 5.74) is 0.628. The number of nitrogens with zero attached hydrogens (tertiary/aromatic N) is 3. The van der Waals surface area contributed by atoms with Crippen LogP contribution < -0.4 is 4.74 Å². The van der Waals surface area contributed by atoms with Crippen LogP contribution >= 0.6 is 0 Å². The summed E-state index contributed by atoms with van der Waals surface area (Å²) in [7, 11) is 1.54. The Bertz CT molecular complexity index is 510. The van der Waals surface area contributed by atoms with E-state index in [9.17, 15) is 5.11 Å².